The maximum absolute atomic E-state index is 12.3. The molecule has 28 heavy (non-hydrogen) atoms. The lowest BCUT2D eigenvalue weighted by atomic mass is 10.1. The van der Waals surface area contributed by atoms with E-state index in [0.717, 1.165) is 27.7 Å². The van der Waals surface area contributed by atoms with Gasteiger partial charge in [0.05, 0.1) is 18.7 Å². The first-order valence-electron chi connectivity index (χ1n) is 9.16. The number of benzene rings is 2. The number of nitrogens with zero attached hydrogens (tertiary/aromatic N) is 2. The van der Waals surface area contributed by atoms with Crippen molar-refractivity contribution in [2.24, 2.45) is 0 Å². The van der Waals surface area contributed by atoms with E-state index in [1.807, 2.05) is 46.3 Å². The number of amides is 1. The van der Waals surface area contributed by atoms with Crippen molar-refractivity contribution >= 4 is 22.2 Å². The monoisotopic (exact) mass is 391 g/mol. The number of ether oxygens (including phenoxy) is 1. The summed E-state index contributed by atoms with van der Waals surface area (Å²) in [4.78, 5) is 17.9. The lowest BCUT2D eigenvalue weighted by Gasteiger charge is -2.07. The van der Waals surface area contributed by atoms with Crippen LogP contribution in [0.4, 0.5) is 0 Å². The summed E-state index contributed by atoms with van der Waals surface area (Å²) >= 11 is 1.55. The van der Waals surface area contributed by atoms with E-state index in [4.69, 9.17) is 4.74 Å². The van der Waals surface area contributed by atoms with Crippen LogP contribution in [0.1, 0.15) is 11.3 Å². The number of imidazole rings is 1. The average Bonchev–Trinajstić information content (AvgIpc) is 3.29. The smallest absolute Gasteiger partial charge is 0.226 e. The fourth-order valence-electron chi connectivity index (χ4n) is 2.92. The molecule has 1 N–H and O–H groups in total. The van der Waals surface area contributed by atoms with Crippen molar-refractivity contribution in [2.75, 3.05) is 13.2 Å². The molecule has 0 radical (unpaired) electrons. The molecule has 0 fully saturated rings. The molecule has 0 spiro atoms. The van der Waals surface area contributed by atoms with E-state index in [1.54, 1.807) is 11.3 Å². The van der Waals surface area contributed by atoms with Crippen LogP contribution >= 0.6 is 11.3 Å². The summed E-state index contributed by atoms with van der Waals surface area (Å²) in [5.41, 5.74) is 4.16. The highest BCUT2D eigenvalue weighted by atomic mass is 32.1. The van der Waals surface area contributed by atoms with Gasteiger partial charge in [0.25, 0.3) is 0 Å². The van der Waals surface area contributed by atoms with Crippen LogP contribution in [-0.2, 0) is 11.2 Å². The van der Waals surface area contributed by atoms with Gasteiger partial charge in [-0.25, -0.2) is 4.98 Å². The maximum Gasteiger partial charge on any atom is 0.226 e. The zero-order chi connectivity index (χ0) is 19.3. The van der Waals surface area contributed by atoms with E-state index in [1.165, 1.54) is 5.56 Å². The molecule has 142 valence electrons. The third-order valence-corrected chi connectivity index (χ3v) is 5.30. The predicted molar refractivity (Wildman–Crippen MR) is 112 cm³/mol. The summed E-state index contributed by atoms with van der Waals surface area (Å²) in [5.74, 6) is 0.778. The summed E-state index contributed by atoms with van der Waals surface area (Å²) < 4.78 is 7.59. The van der Waals surface area contributed by atoms with E-state index >= 15 is 0 Å². The summed E-state index contributed by atoms with van der Waals surface area (Å²) in [5, 5.41) is 4.89. The number of nitrogens with one attached hydrogen (secondary N) is 1. The predicted octanol–water partition coefficient (Wildman–Crippen LogP) is 4.11. The second kappa shape index (κ2) is 8.27. The van der Waals surface area contributed by atoms with Gasteiger partial charge in [0.1, 0.15) is 12.4 Å². The van der Waals surface area contributed by atoms with Gasteiger partial charge in [0.2, 0.25) is 5.91 Å². The van der Waals surface area contributed by atoms with Crippen molar-refractivity contribution in [1.82, 2.24) is 14.7 Å². The molecule has 0 unspecified atom stereocenters. The molecule has 2 aromatic carbocycles. The van der Waals surface area contributed by atoms with Gasteiger partial charge in [-0.1, -0.05) is 48.0 Å². The largest absolute Gasteiger partial charge is 0.492 e. The van der Waals surface area contributed by atoms with Crippen LogP contribution < -0.4 is 10.1 Å². The topological polar surface area (TPSA) is 55.6 Å². The van der Waals surface area contributed by atoms with Gasteiger partial charge in [0, 0.05) is 22.8 Å². The standard InChI is InChI=1S/C22H21N3O2S/c1-16-7-9-17(10-8-16)20-14-25-18(15-28-22(25)24-20)13-21(26)23-11-12-27-19-5-3-2-4-6-19/h2-10,14-15H,11-13H2,1H3,(H,23,26). The van der Waals surface area contributed by atoms with Crippen LogP contribution in [-0.4, -0.2) is 28.4 Å². The number of hydrogen-bond donors (Lipinski definition) is 1. The van der Waals surface area contributed by atoms with Gasteiger partial charge in [0.15, 0.2) is 4.96 Å². The third-order valence-electron chi connectivity index (χ3n) is 4.41. The molecule has 0 aliphatic heterocycles. The van der Waals surface area contributed by atoms with Crippen molar-refractivity contribution in [3.05, 3.63) is 77.4 Å². The highest BCUT2D eigenvalue weighted by Gasteiger charge is 2.12. The molecule has 0 saturated carbocycles. The van der Waals surface area contributed by atoms with Crippen LogP contribution in [0.2, 0.25) is 0 Å². The number of hydrogen-bond acceptors (Lipinski definition) is 4. The molecule has 1 amide bonds. The van der Waals surface area contributed by atoms with Crippen molar-refractivity contribution in [2.45, 2.75) is 13.3 Å². The fourth-order valence-corrected chi connectivity index (χ4v) is 3.80. The van der Waals surface area contributed by atoms with E-state index in [0.29, 0.717) is 19.6 Å². The third kappa shape index (κ3) is 4.23. The second-order valence-corrected chi connectivity index (χ2v) is 7.40. The summed E-state index contributed by atoms with van der Waals surface area (Å²) in [7, 11) is 0. The minimum Gasteiger partial charge on any atom is -0.492 e. The average molecular weight is 391 g/mol. The molecule has 0 aliphatic rings. The van der Waals surface area contributed by atoms with Crippen LogP contribution in [0, 0.1) is 6.92 Å². The first kappa shape index (κ1) is 18.3. The first-order valence-corrected chi connectivity index (χ1v) is 10.0. The number of carbonyl (C=O) groups is 1. The van der Waals surface area contributed by atoms with E-state index in [2.05, 4.69) is 41.5 Å². The van der Waals surface area contributed by atoms with Gasteiger partial charge in [-0.3, -0.25) is 9.20 Å². The lowest BCUT2D eigenvalue weighted by Crippen LogP contribution is -2.29. The van der Waals surface area contributed by atoms with Gasteiger partial charge >= 0.3 is 0 Å². The molecule has 2 aromatic heterocycles. The molecular formula is C22H21N3O2S. The number of fused-ring (bicyclic) bond motifs is 1. The summed E-state index contributed by atoms with van der Waals surface area (Å²) in [6.45, 7) is 2.98. The Balaban J connectivity index is 1.35. The minimum atomic E-state index is -0.0260. The number of rotatable bonds is 7. The second-order valence-electron chi connectivity index (χ2n) is 6.56. The number of thiazole rings is 1. The normalized spacial score (nSPS) is 10.9. The highest BCUT2D eigenvalue weighted by molar-refractivity contribution is 7.15. The number of carbonyl (C=O) groups excluding carboxylic acids is 1. The Bertz CT molecular complexity index is 1070. The number of para-hydroxylation sites is 1. The Hall–Kier alpha value is -3.12. The molecule has 4 rings (SSSR count). The molecule has 0 atom stereocenters. The van der Waals surface area contributed by atoms with Gasteiger partial charge in [-0.05, 0) is 19.1 Å². The summed E-state index contributed by atoms with van der Waals surface area (Å²) in [6.07, 6.45) is 2.31. The fraction of sp³-hybridized carbons (Fsp3) is 0.182. The van der Waals surface area contributed by atoms with Crippen LogP contribution in [0.5, 0.6) is 5.75 Å². The number of aryl methyl sites for hydroxylation is 1. The molecule has 0 bridgehead atoms. The molecular weight excluding hydrogens is 370 g/mol. The molecule has 0 aliphatic carbocycles. The SMILES string of the molecule is Cc1ccc(-c2cn3c(CC(=O)NCCOc4ccccc4)csc3n2)cc1. The minimum absolute atomic E-state index is 0.0260. The van der Waals surface area contributed by atoms with Gasteiger partial charge in [-0.2, -0.15) is 0 Å². The van der Waals surface area contributed by atoms with E-state index in [-0.39, 0.29) is 5.91 Å². The molecule has 4 aromatic rings. The Morgan fingerprint density at radius 2 is 1.93 bits per heavy atom. The van der Waals surface area contributed by atoms with Gasteiger partial charge in [-0.15, -0.1) is 11.3 Å². The van der Waals surface area contributed by atoms with Crippen molar-refractivity contribution in [3.8, 4) is 17.0 Å². The van der Waals surface area contributed by atoms with Crippen LogP contribution in [0.15, 0.2) is 66.2 Å². The zero-order valence-corrected chi connectivity index (χ0v) is 16.4. The number of aromatic nitrogens is 2. The molecule has 2 heterocycles. The van der Waals surface area contributed by atoms with E-state index < -0.39 is 0 Å². The molecule has 5 nitrogen and oxygen atoms in total. The molecule has 6 heteroatoms. The quantitative estimate of drug-likeness (QED) is 0.483. The zero-order valence-electron chi connectivity index (χ0n) is 15.6. The molecule has 0 saturated heterocycles. The van der Waals surface area contributed by atoms with E-state index in [9.17, 15) is 4.79 Å². The first-order chi connectivity index (χ1) is 13.7. The summed E-state index contributed by atoms with van der Waals surface area (Å²) in [6, 6.07) is 17.9. The van der Waals surface area contributed by atoms with Crippen molar-refractivity contribution in [1.29, 1.82) is 0 Å². The van der Waals surface area contributed by atoms with Gasteiger partial charge < -0.3 is 10.1 Å². The Kier molecular flexibility index (Phi) is 5.39. The Labute approximate surface area is 167 Å². The Morgan fingerprint density at radius 3 is 2.71 bits per heavy atom. The van der Waals surface area contributed by atoms with Crippen molar-refractivity contribution in [3.63, 3.8) is 0 Å². The Morgan fingerprint density at radius 1 is 1.14 bits per heavy atom. The maximum atomic E-state index is 12.3. The lowest BCUT2D eigenvalue weighted by molar-refractivity contribution is -0.120. The highest BCUT2D eigenvalue weighted by Crippen LogP contribution is 2.24. The van der Waals surface area contributed by atoms with Crippen LogP contribution in [0.25, 0.3) is 16.2 Å². The van der Waals surface area contributed by atoms with Crippen molar-refractivity contribution < 1.29 is 9.53 Å². The van der Waals surface area contributed by atoms with Crippen LogP contribution in [0.3, 0.4) is 0 Å².